The summed E-state index contributed by atoms with van der Waals surface area (Å²) in [6, 6.07) is 4.48. The van der Waals surface area contributed by atoms with Crippen molar-refractivity contribution in [2.45, 2.75) is 50.7 Å². The number of alkyl halides is 3. The number of hydrogen-bond donors (Lipinski definition) is 0. The van der Waals surface area contributed by atoms with Gasteiger partial charge in [-0.2, -0.15) is 13.2 Å². The van der Waals surface area contributed by atoms with Gasteiger partial charge >= 0.3 is 6.18 Å². The number of amides is 3. The molecule has 1 aromatic carbocycles. The van der Waals surface area contributed by atoms with Crippen molar-refractivity contribution in [2.24, 2.45) is 5.92 Å². The fourth-order valence-electron chi connectivity index (χ4n) is 5.03. The lowest BCUT2D eigenvalue weighted by molar-refractivity contribution is -0.139. The summed E-state index contributed by atoms with van der Waals surface area (Å²) in [5.41, 5.74) is -0.558. The highest BCUT2D eigenvalue weighted by Crippen LogP contribution is 2.30. The molecule has 3 heterocycles. The minimum Gasteiger partial charge on any atom is -0.342 e. The van der Waals surface area contributed by atoms with Crippen LogP contribution < -0.4 is 0 Å². The minimum atomic E-state index is -4.43. The second kappa shape index (κ2) is 9.11. The first-order chi connectivity index (χ1) is 15.2. The third-order valence-corrected chi connectivity index (χ3v) is 6.92. The van der Waals surface area contributed by atoms with Crippen LogP contribution in [-0.2, 0) is 15.8 Å². The molecule has 0 bridgehead atoms. The summed E-state index contributed by atoms with van der Waals surface area (Å²) < 4.78 is 38.1. The molecule has 9 heteroatoms. The van der Waals surface area contributed by atoms with Gasteiger partial charge in [0.15, 0.2) is 0 Å². The van der Waals surface area contributed by atoms with Crippen molar-refractivity contribution < 1.29 is 27.6 Å². The molecule has 0 unspecified atom stereocenters. The van der Waals surface area contributed by atoms with E-state index in [2.05, 4.69) is 0 Å². The molecule has 174 valence electrons. The van der Waals surface area contributed by atoms with Crippen molar-refractivity contribution in [3.8, 4) is 0 Å². The van der Waals surface area contributed by atoms with Gasteiger partial charge in [-0.1, -0.05) is 0 Å². The molecule has 0 aromatic heterocycles. The van der Waals surface area contributed by atoms with Crippen LogP contribution in [0.25, 0.3) is 0 Å². The number of nitrogens with zero attached hydrogens (tertiary/aromatic N) is 3. The molecular formula is C23H28F3N3O3. The fourth-order valence-corrected chi connectivity index (χ4v) is 5.03. The molecule has 32 heavy (non-hydrogen) atoms. The monoisotopic (exact) mass is 451 g/mol. The zero-order chi connectivity index (χ0) is 22.9. The van der Waals surface area contributed by atoms with Gasteiger partial charge in [0.05, 0.1) is 5.56 Å². The average Bonchev–Trinajstić information content (AvgIpc) is 3.23. The molecule has 0 saturated carbocycles. The van der Waals surface area contributed by atoms with Crippen LogP contribution in [0.5, 0.6) is 0 Å². The van der Waals surface area contributed by atoms with E-state index in [1.807, 2.05) is 9.80 Å². The maximum absolute atomic E-state index is 13.0. The molecule has 0 atom stereocenters. The van der Waals surface area contributed by atoms with Crippen molar-refractivity contribution in [3.63, 3.8) is 0 Å². The number of hydrogen-bond acceptors (Lipinski definition) is 3. The Hall–Kier alpha value is -2.58. The molecule has 1 aromatic rings. The molecule has 3 aliphatic heterocycles. The van der Waals surface area contributed by atoms with E-state index in [0.717, 1.165) is 37.9 Å². The molecule has 3 fully saturated rings. The van der Waals surface area contributed by atoms with Crippen LogP contribution >= 0.6 is 0 Å². The molecule has 0 N–H and O–H groups in total. The average molecular weight is 451 g/mol. The first-order valence-corrected chi connectivity index (χ1v) is 11.3. The van der Waals surface area contributed by atoms with Crippen LogP contribution in [0.1, 0.15) is 54.4 Å². The maximum atomic E-state index is 13.0. The largest absolute Gasteiger partial charge is 0.416 e. The van der Waals surface area contributed by atoms with Crippen molar-refractivity contribution in [1.29, 1.82) is 0 Å². The molecule has 0 radical (unpaired) electrons. The van der Waals surface area contributed by atoms with E-state index in [1.165, 1.54) is 12.1 Å². The molecule has 3 saturated heterocycles. The molecule has 0 aliphatic carbocycles. The second-order valence-corrected chi connectivity index (χ2v) is 8.89. The number of likely N-dealkylation sites (tertiary alicyclic amines) is 3. The lowest BCUT2D eigenvalue weighted by Crippen LogP contribution is -2.50. The summed E-state index contributed by atoms with van der Waals surface area (Å²) in [6.07, 6.45) is -0.166. The van der Waals surface area contributed by atoms with E-state index >= 15 is 0 Å². The van der Waals surface area contributed by atoms with Gasteiger partial charge in [0.2, 0.25) is 11.8 Å². The zero-order valence-electron chi connectivity index (χ0n) is 17.9. The predicted octanol–water partition coefficient (Wildman–Crippen LogP) is 3.17. The predicted molar refractivity (Wildman–Crippen MR) is 111 cm³/mol. The lowest BCUT2D eigenvalue weighted by Gasteiger charge is -2.39. The van der Waals surface area contributed by atoms with Gasteiger partial charge in [0.1, 0.15) is 0 Å². The Labute approximate surface area is 185 Å². The van der Waals surface area contributed by atoms with Gasteiger partial charge in [0, 0.05) is 56.7 Å². The Morgan fingerprint density at radius 1 is 0.844 bits per heavy atom. The van der Waals surface area contributed by atoms with E-state index < -0.39 is 11.7 Å². The summed E-state index contributed by atoms with van der Waals surface area (Å²) in [5.74, 6) is -0.116. The minimum absolute atomic E-state index is 0.109. The number of carbonyl (C=O) groups excluding carboxylic acids is 3. The van der Waals surface area contributed by atoms with Crippen molar-refractivity contribution in [1.82, 2.24) is 14.7 Å². The number of piperidine rings is 2. The summed E-state index contributed by atoms with van der Waals surface area (Å²) in [5, 5.41) is 0. The van der Waals surface area contributed by atoms with Gasteiger partial charge < -0.3 is 14.7 Å². The molecule has 4 rings (SSSR count). The van der Waals surface area contributed by atoms with Crippen LogP contribution in [0, 0.1) is 5.92 Å². The van der Waals surface area contributed by atoms with E-state index in [4.69, 9.17) is 0 Å². The summed E-state index contributed by atoms with van der Waals surface area (Å²) >= 11 is 0. The highest BCUT2D eigenvalue weighted by Gasteiger charge is 2.35. The Kier molecular flexibility index (Phi) is 6.44. The zero-order valence-corrected chi connectivity index (χ0v) is 17.9. The Morgan fingerprint density at radius 3 is 1.97 bits per heavy atom. The van der Waals surface area contributed by atoms with Crippen molar-refractivity contribution in [3.05, 3.63) is 35.4 Å². The second-order valence-electron chi connectivity index (χ2n) is 8.89. The quantitative estimate of drug-likeness (QED) is 0.709. The van der Waals surface area contributed by atoms with E-state index in [0.29, 0.717) is 45.4 Å². The van der Waals surface area contributed by atoms with Crippen LogP contribution in [0.3, 0.4) is 0 Å². The Bertz CT molecular complexity index is 855. The molecular weight excluding hydrogens is 423 g/mol. The van der Waals surface area contributed by atoms with Crippen LogP contribution in [0.2, 0.25) is 0 Å². The van der Waals surface area contributed by atoms with Gasteiger partial charge in [-0.05, 0) is 56.4 Å². The van der Waals surface area contributed by atoms with Crippen molar-refractivity contribution in [2.75, 3.05) is 32.7 Å². The first kappa shape index (κ1) is 22.6. The van der Waals surface area contributed by atoms with Crippen LogP contribution in [0.4, 0.5) is 13.2 Å². The van der Waals surface area contributed by atoms with E-state index in [9.17, 15) is 27.6 Å². The first-order valence-electron chi connectivity index (χ1n) is 11.3. The van der Waals surface area contributed by atoms with Crippen LogP contribution in [-0.4, -0.2) is 71.2 Å². The fraction of sp³-hybridized carbons (Fsp3) is 0.609. The third-order valence-electron chi connectivity index (χ3n) is 6.92. The van der Waals surface area contributed by atoms with Gasteiger partial charge in [-0.15, -0.1) is 0 Å². The SMILES string of the molecule is O=C(c1ccc(C(F)(F)F)cc1)N1CCC(C(=O)N2CCC(N3CCCC3=O)CC2)CC1. The van der Waals surface area contributed by atoms with Gasteiger partial charge in [-0.3, -0.25) is 14.4 Å². The number of halogens is 3. The highest BCUT2D eigenvalue weighted by atomic mass is 19.4. The smallest absolute Gasteiger partial charge is 0.342 e. The summed E-state index contributed by atoms with van der Waals surface area (Å²) in [4.78, 5) is 43.0. The highest BCUT2D eigenvalue weighted by molar-refractivity contribution is 5.94. The van der Waals surface area contributed by atoms with Gasteiger partial charge in [-0.25, -0.2) is 0 Å². The number of rotatable bonds is 3. The lowest BCUT2D eigenvalue weighted by atomic mass is 9.93. The van der Waals surface area contributed by atoms with Gasteiger partial charge in [0.25, 0.3) is 5.91 Å². The Morgan fingerprint density at radius 2 is 1.44 bits per heavy atom. The topological polar surface area (TPSA) is 60.9 Å². The molecule has 0 spiro atoms. The van der Waals surface area contributed by atoms with Crippen LogP contribution in [0.15, 0.2) is 24.3 Å². The van der Waals surface area contributed by atoms with E-state index in [-0.39, 0.29) is 35.2 Å². The number of benzene rings is 1. The standard InChI is InChI=1S/C23H28F3N3O3/c24-23(25,26)18-5-3-16(4-6-18)21(31)27-12-7-17(8-13-27)22(32)28-14-9-19(10-15-28)29-11-1-2-20(29)30/h3-6,17,19H,1-2,7-15H2. The molecule has 3 amide bonds. The molecule has 6 nitrogen and oxygen atoms in total. The molecule has 3 aliphatic rings. The number of carbonyl (C=O) groups is 3. The Balaban J connectivity index is 1.26. The maximum Gasteiger partial charge on any atom is 0.416 e. The summed E-state index contributed by atoms with van der Waals surface area (Å²) in [6.45, 7) is 2.95. The summed E-state index contributed by atoms with van der Waals surface area (Å²) in [7, 11) is 0. The third kappa shape index (κ3) is 4.76. The van der Waals surface area contributed by atoms with Crippen molar-refractivity contribution >= 4 is 17.7 Å². The normalized spacial score (nSPS) is 21.3. The van der Waals surface area contributed by atoms with E-state index in [1.54, 1.807) is 4.90 Å².